The van der Waals surface area contributed by atoms with E-state index in [1.165, 1.54) is 0 Å². The van der Waals surface area contributed by atoms with Gasteiger partial charge in [0.1, 0.15) is 0 Å². The number of fused-ring (bicyclic) bond motifs is 2. The largest absolute Gasteiger partial charge is 0.356 e. The molecule has 0 bridgehead atoms. The highest BCUT2D eigenvalue weighted by Gasteiger charge is 2.25. The summed E-state index contributed by atoms with van der Waals surface area (Å²) in [6.45, 7) is 3.80. The number of halogens is 2. The van der Waals surface area contributed by atoms with E-state index in [1.54, 1.807) is 0 Å². The molecule has 1 saturated heterocycles. The van der Waals surface area contributed by atoms with Crippen LogP contribution < -0.4 is 5.69 Å². The zero-order valence-corrected chi connectivity index (χ0v) is 19.0. The van der Waals surface area contributed by atoms with E-state index in [4.69, 9.17) is 16.1 Å². The van der Waals surface area contributed by atoms with Gasteiger partial charge in [0.2, 0.25) is 0 Å². The minimum absolute atomic E-state index is 0. The molecule has 3 heterocycles. The van der Waals surface area contributed by atoms with E-state index in [1.807, 2.05) is 47.0 Å². The first kappa shape index (κ1) is 21.2. The molecule has 1 aliphatic rings. The van der Waals surface area contributed by atoms with Crippen LogP contribution in [-0.4, -0.2) is 39.2 Å². The lowest BCUT2D eigenvalue weighted by Gasteiger charge is -2.31. The molecule has 1 aliphatic heterocycles. The van der Waals surface area contributed by atoms with Crippen molar-refractivity contribution >= 4 is 50.6 Å². The van der Waals surface area contributed by atoms with Gasteiger partial charge in [-0.05, 0) is 63.2 Å². The van der Waals surface area contributed by atoms with E-state index in [0.29, 0.717) is 10.9 Å². The van der Waals surface area contributed by atoms with Crippen molar-refractivity contribution in [1.82, 2.24) is 19.6 Å². The summed E-state index contributed by atoms with van der Waals surface area (Å²) in [4.78, 5) is 17.6. The van der Waals surface area contributed by atoms with Crippen LogP contribution in [0.3, 0.4) is 0 Å². The van der Waals surface area contributed by atoms with Crippen molar-refractivity contribution in [2.45, 2.75) is 31.7 Å². The number of aromatic nitrogens is 3. The van der Waals surface area contributed by atoms with Crippen molar-refractivity contribution in [1.29, 1.82) is 0 Å². The quantitative estimate of drug-likeness (QED) is 0.428. The Balaban J connectivity index is 0.00000218. The fraction of sp³-hybridized carbons (Fsp3) is 0.364. The third-order valence-electron chi connectivity index (χ3n) is 5.97. The Labute approximate surface area is 189 Å². The Bertz CT molecular complexity index is 1210. The summed E-state index contributed by atoms with van der Waals surface area (Å²) in [5, 5.41) is 6.07. The SMILES string of the molecule is Br.O=c1[nH]c2ccccc2n1CCCN1CCC(c2noc3cc(Cl)ccc23)CC1. The number of piperidine rings is 1. The van der Waals surface area contributed by atoms with Crippen molar-refractivity contribution in [3.63, 3.8) is 0 Å². The van der Waals surface area contributed by atoms with Gasteiger partial charge in [-0.25, -0.2) is 4.79 Å². The number of imidazole rings is 1. The van der Waals surface area contributed by atoms with Crippen molar-refractivity contribution in [3.05, 3.63) is 63.7 Å². The van der Waals surface area contributed by atoms with Gasteiger partial charge in [0.15, 0.2) is 5.58 Å². The highest BCUT2D eigenvalue weighted by atomic mass is 79.9. The smallest absolute Gasteiger partial charge is 0.326 e. The maximum atomic E-state index is 12.2. The second kappa shape index (κ2) is 8.96. The van der Waals surface area contributed by atoms with Gasteiger partial charge in [-0.2, -0.15) is 0 Å². The Hall–Kier alpha value is -2.09. The molecule has 0 spiro atoms. The van der Waals surface area contributed by atoms with Gasteiger partial charge < -0.3 is 14.4 Å². The van der Waals surface area contributed by atoms with Crippen LogP contribution in [0.15, 0.2) is 51.8 Å². The predicted molar refractivity (Wildman–Crippen MR) is 125 cm³/mol. The number of H-pyrrole nitrogens is 1. The fourth-order valence-electron chi connectivity index (χ4n) is 4.44. The molecule has 4 aromatic rings. The first-order chi connectivity index (χ1) is 14.2. The van der Waals surface area contributed by atoms with Gasteiger partial charge in [-0.15, -0.1) is 17.0 Å². The average Bonchev–Trinajstić information content (AvgIpc) is 3.29. The van der Waals surface area contributed by atoms with Crippen molar-refractivity contribution in [3.8, 4) is 0 Å². The van der Waals surface area contributed by atoms with Gasteiger partial charge in [0.05, 0.1) is 16.7 Å². The normalized spacial score (nSPS) is 15.6. The highest BCUT2D eigenvalue weighted by molar-refractivity contribution is 8.93. The molecule has 158 valence electrons. The van der Waals surface area contributed by atoms with Crippen LogP contribution in [-0.2, 0) is 6.54 Å². The summed E-state index contributed by atoms with van der Waals surface area (Å²) in [5.41, 5.74) is 3.68. The maximum Gasteiger partial charge on any atom is 0.326 e. The van der Waals surface area contributed by atoms with Crippen LogP contribution in [0, 0.1) is 0 Å². The second-order valence-corrected chi connectivity index (χ2v) is 8.21. The zero-order valence-electron chi connectivity index (χ0n) is 16.5. The molecule has 0 atom stereocenters. The molecule has 0 unspecified atom stereocenters. The van der Waals surface area contributed by atoms with Crippen LogP contribution in [0.5, 0.6) is 0 Å². The Morgan fingerprint density at radius 3 is 2.77 bits per heavy atom. The van der Waals surface area contributed by atoms with Crippen LogP contribution >= 0.6 is 28.6 Å². The third-order valence-corrected chi connectivity index (χ3v) is 6.21. The van der Waals surface area contributed by atoms with Gasteiger partial charge in [-0.1, -0.05) is 28.9 Å². The Kier molecular flexibility index (Phi) is 6.32. The molecule has 1 fully saturated rings. The summed E-state index contributed by atoms with van der Waals surface area (Å²) in [7, 11) is 0. The number of hydrogen-bond donors (Lipinski definition) is 1. The molecule has 0 radical (unpaired) electrons. The topological polar surface area (TPSA) is 67.1 Å². The molecule has 0 saturated carbocycles. The molecule has 1 N–H and O–H groups in total. The zero-order chi connectivity index (χ0) is 19.8. The molecule has 8 heteroatoms. The van der Waals surface area contributed by atoms with Crippen LogP contribution in [0.25, 0.3) is 22.0 Å². The average molecular weight is 492 g/mol. The lowest BCUT2D eigenvalue weighted by atomic mass is 9.91. The summed E-state index contributed by atoms with van der Waals surface area (Å²) >= 11 is 6.04. The lowest BCUT2D eigenvalue weighted by molar-refractivity contribution is 0.204. The lowest BCUT2D eigenvalue weighted by Crippen LogP contribution is -2.34. The number of aryl methyl sites for hydroxylation is 1. The molecule has 6 nitrogen and oxygen atoms in total. The maximum absolute atomic E-state index is 12.2. The van der Waals surface area contributed by atoms with E-state index in [0.717, 1.165) is 73.1 Å². The second-order valence-electron chi connectivity index (χ2n) is 7.78. The Morgan fingerprint density at radius 1 is 1.13 bits per heavy atom. The highest BCUT2D eigenvalue weighted by Crippen LogP contribution is 2.33. The van der Waals surface area contributed by atoms with Crippen molar-refractivity contribution in [2.75, 3.05) is 19.6 Å². The van der Waals surface area contributed by atoms with E-state index in [-0.39, 0.29) is 22.7 Å². The third kappa shape index (κ3) is 4.06. The van der Waals surface area contributed by atoms with Crippen molar-refractivity contribution in [2.24, 2.45) is 0 Å². The van der Waals surface area contributed by atoms with Gasteiger partial charge in [0.25, 0.3) is 0 Å². The summed E-state index contributed by atoms with van der Waals surface area (Å²) < 4.78 is 7.32. The summed E-state index contributed by atoms with van der Waals surface area (Å²) in [6.07, 6.45) is 3.09. The summed E-state index contributed by atoms with van der Waals surface area (Å²) in [5.74, 6) is 0.421. The molecule has 30 heavy (non-hydrogen) atoms. The van der Waals surface area contributed by atoms with Gasteiger partial charge in [0, 0.05) is 28.9 Å². The number of nitrogens with zero attached hydrogens (tertiary/aromatic N) is 3. The summed E-state index contributed by atoms with van der Waals surface area (Å²) in [6, 6.07) is 13.6. The molecule has 2 aromatic heterocycles. The Morgan fingerprint density at radius 2 is 1.93 bits per heavy atom. The van der Waals surface area contributed by atoms with E-state index in [9.17, 15) is 4.79 Å². The monoisotopic (exact) mass is 490 g/mol. The molecule has 2 aromatic carbocycles. The standard InChI is InChI=1S/C22H23ClN4O2.BrH/c23-16-6-7-17-20(14-16)29-25-21(17)15-8-12-26(13-9-15)10-3-11-27-19-5-2-1-4-18(19)24-22(27)28;/h1-2,4-7,14-15H,3,8-13H2,(H,24,28);1H. The molecular weight excluding hydrogens is 468 g/mol. The molecule has 0 aliphatic carbocycles. The van der Waals surface area contributed by atoms with Crippen LogP contribution in [0.1, 0.15) is 30.9 Å². The van der Waals surface area contributed by atoms with Crippen molar-refractivity contribution < 1.29 is 4.52 Å². The first-order valence-corrected chi connectivity index (χ1v) is 10.5. The predicted octanol–water partition coefficient (Wildman–Crippen LogP) is 4.97. The van der Waals surface area contributed by atoms with E-state index >= 15 is 0 Å². The number of para-hydroxylation sites is 2. The minimum Gasteiger partial charge on any atom is -0.356 e. The number of hydrogen-bond acceptors (Lipinski definition) is 4. The van der Waals surface area contributed by atoms with E-state index < -0.39 is 0 Å². The first-order valence-electron chi connectivity index (χ1n) is 10.1. The number of aromatic amines is 1. The van der Waals surface area contributed by atoms with Gasteiger partial charge in [-0.3, -0.25) is 4.57 Å². The van der Waals surface area contributed by atoms with Gasteiger partial charge >= 0.3 is 5.69 Å². The van der Waals surface area contributed by atoms with E-state index in [2.05, 4.69) is 15.0 Å². The molecule has 5 rings (SSSR count). The number of rotatable bonds is 5. The number of benzene rings is 2. The van der Waals surface area contributed by atoms with Crippen LogP contribution in [0.4, 0.5) is 0 Å². The fourth-order valence-corrected chi connectivity index (χ4v) is 4.60. The number of likely N-dealkylation sites (tertiary alicyclic amines) is 1. The molecule has 0 amide bonds. The minimum atomic E-state index is -0.0251. The molecular formula is C22H24BrClN4O2. The van der Waals surface area contributed by atoms with Crippen LogP contribution in [0.2, 0.25) is 5.02 Å². The number of nitrogens with one attached hydrogen (secondary N) is 1.